The van der Waals surface area contributed by atoms with Crippen LogP contribution in [0.15, 0.2) is 66.1 Å². The fourth-order valence-electron chi connectivity index (χ4n) is 5.11. The quantitative estimate of drug-likeness (QED) is 0.396. The number of piperazine rings is 1. The third-order valence-corrected chi connectivity index (χ3v) is 7.22. The predicted molar refractivity (Wildman–Crippen MR) is 146 cm³/mol. The number of alkyl halides is 3. The number of ether oxygens (including phenoxy) is 1. The molecule has 1 unspecified atom stereocenters. The maximum Gasteiger partial charge on any atom is 0.572 e. The van der Waals surface area contributed by atoms with E-state index in [1.54, 1.807) is 18.3 Å². The zero-order chi connectivity index (χ0) is 28.1. The van der Waals surface area contributed by atoms with Crippen LogP contribution in [-0.2, 0) is 22.5 Å². The Hall–Kier alpha value is -3.86. The highest BCUT2D eigenvalue weighted by molar-refractivity contribution is 5.77. The molecule has 1 saturated heterocycles. The van der Waals surface area contributed by atoms with Crippen LogP contribution in [0.3, 0.4) is 0 Å². The van der Waals surface area contributed by atoms with Gasteiger partial charge in [0.1, 0.15) is 17.1 Å². The topological polar surface area (TPSA) is 84.3 Å². The first-order valence-electron chi connectivity index (χ1n) is 13.5. The van der Waals surface area contributed by atoms with Crippen molar-refractivity contribution >= 4 is 22.8 Å². The molecule has 1 amide bonds. The number of fused-ring (bicyclic) bond motifs is 1. The summed E-state index contributed by atoms with van der Waals surface area (Å²) in [5.41, 5.74) is 4.55. The van der Waals surface area contributed by atoms with Gasteiger partial charge in [-0.2, -0.15) is 0 Å². The Bertz CT molecular complexity index is 1390. The monoisotopic (exact) mass is 554 g/mol. The molecule has 1 aromatic carbocycles. The molecule has 11 heteroatoms. The van der Waals surface area contributed by atoms with E-state index in [0.717, 1.165) is 37.3 Å². The molecular weight excluding hydrogens is 521 g/mol. The van der Waals surface area contributed by atoms with E-state index in [1.807, 2.05) is 17.6 Å². The lowest BCUT2D eigenvalue weighted by atomic mass is 10.0. The van der Waals surface area contributed by atoms with Gasteiger partial charge >= 0.3 is 6.36 Å². The summed E-state index contributed by atoms with van der Waals surface area (Å²) in [4.78, 5) is 24.4. The minimum atomic E-state index is -4.69. The number of aryl methyl sites for hydroxylation is 1. The van der Waals surface area contributed by atoms with Gasteiger partial charge in [-0.15, -0.1) is 13.2 Å². The molecule has 1 aliphatic carbocycles. The Morgan fingerprint density at radius 2 is 1.90 bits per heavy atom. The Kier molecular flexibility index (Phi) is 8.39. The van der Waals surface area contributed by atoms with Crippen LogP contribution in [0.2, 0.25) is 0 Å². The van der Waals surface area contributed by atoms with Gasteiger partial charge in [0.25, 0.3) is 0 Å². The molecule has 0 bridgehead atoms. The van der Waals surface area contributed by atoms with Crippen molar-refractivity contribution in [3.05, 3.63) is 77.5 Å². The van der Waals surface area contributed by atoms with Crippen molar-refractivity contribution in [1.29, 1.82) is 0 Å². The average Bonchev–Trinajstić information content (AvgIpc) is 3.30. The Labute approximate surface area is 230 Å². The van der Waals surface area contributed by atoms with E-state index >= 15 is 0 Å². The number of benzene rings is 1. The van der Waals surface area contributed by atoms with E-state index in [2.05, 4.69) is 49.5 Å². The summed E-state index contributed by atoms with van der Waals surface area (Å²) in [7, 11) is 0. The van der Waals surface area contributed by atoms with Gasteiger partial charge < -0.3 is 24.8 Å². The number of carbonyl (C=O) groups excluding carboxylic acids is 1. The van der Waals surface area contributed by atoms with Crippen LogP contribution >= 0.6 is 0 Å². The van der Waals surface area contributed by atoms with Crippen molar-refractivity contribution in [3.63, 3.8) is 0 Å². The number of nitrogens with zero attached hydrogens (tertiary/aromatic N) is 4. The molecule has 2 aliphatic rings. The first-order chi connectivity index (χ1) is 19.2. The normalized spacial score (nSPS) is 16.9. The smallest absolute Gasteiger partial charge is 0.410 e. The third-order valence-electron chi connectivity index (χ3n) is 7.22. The van der Waals surface area contributed by atoms with Crippen LogP contribution in [0.25, 0.3) is 11.2 Å². The summed E-state index contributed by atoms with van der Waals surface area (Å²) in [6.07, 6.45) is 1.25. The number of hydrogen-bond acceptors (Lipinski definition) is 6. The molecule has 3 heterocycles. The molecule has 0 spiro atoms. The van der Waals surface area contributed by atoms with E-state index in [-0.39, 0.29) is 30.5 Å². The van der Waals surface area contributed by atoms with Gasteiger partial charge in [0, 0.05) is 63.9 Å². The highest BCUT2D eigenvalue weighted by Gasteiger charge is 2.32. The molecular formula is C29H33F3N6O2. The van der Waals surface area contributed by atoms with Crippen LogP contribution in [0.4, 0.5) is 18.9 Å². The molecule has 3 aromatic rings. The Morgan fingerprint density at radius 1 is 1.12 bits per heavy atom. The summed E-state index contributed by atoms with van der Waals surface area (Å²) in [6.45, 7) is 6.31. The third kappa shape index (κ3) is 7.01. The van der Waals surface area contributed by atoms with Gasteiger partial charge in [0.05, 0.1) is 6.04 Å². The second-order valence-corrected chi connectivity index (χ2v) is 10.1. The molecule has 2 aromatic heterocycles. The molecule has 8 nitrogen and oxygen atoms in total. The van der Waals surface area contributed by atoms with Gasteiger partial charge in [0.15, 0.2) is 5.65 Å². The van der Waals surface area contributed by atoms with Gasteiger partial charge in [-0.3, -0.25) is 4.79 Å². The first kappa shape index (κ1) is 27.7. The average molecular weight is 555 g/mol. The largest absolute Gasteiger partial charge is 0.572 e. The number of imidazole rings is 1. The molecule has 40 heavy (non-hydrogen) atoms. The Balaban J connectivity index is 1.21. The van der Waals surface area contributed by atoms with Crippen molar-refractivity contribution in [2.24, 2.45) is 0 Å². The zero-order valence-corrected chi connectivity index (χ0v) is 22.4. The van der Waals surface area contributed by atoms with Crippen molar-refractivity contribution in [3.8, 4) is 0 Å². The second kappa shape index (κ2) is 12.1. The van der Waals surface area contributed by atoms with Crippen LogP contribution < -0.4 is 15.5 Å². The second-order valence-electron chi connectivity index (χ2n) is 10.1. The summed E-state index contributed by atoms with van der Waals surface area (Å²) in [6, 6.07) is 11.8. The summed E-state index contributed by atoms with van der Waals surface area (Å²) < 4.78 is 43.6. The molecule has 0 saturated carbocycles. The standard InChI is InChI=1S/C29H33F3N6O2/c1-20(22-6-8-23(9-7-22)37-17-15-33-16-18-37)35-27(39)13-12-26-36-25-3-2-14-34-28(25)38(26)19-21-4-10-24(11-5-21)40-29(30,31)32/h2-4,6-10,14,20,33H,5,11-13,15-19H2,1H3,(H,35,39). The number of nitrogens with one attached hydrogen (secondary N) is 2. The number of aromatic nitrogens is 3. The molecule has 1 aliphatic heterocycles. The number of anilines is 1. The van der Waals surface area contributed by atoms with Gasteiger partial charge in [-0.05, 0) is 54.8 Å². The molecule has 5 rings (SSSR count). The van der Waals surface area contributed by atoms with Crippen molar-refractivity contribution in [2.45, 2.75) is 51.6 Å². The lowest BCUT2D eigenvalue weighted by Gasteiger charge is -2.29. The summed E-state index contributed by atoms with van der Waals surface area (Å²) in [5.74, 6) is 0.521. The van der Waals surface area contributed by atoms with Gasteiger partial charge in [0.2, 0.25) is 5.91 Å². The number of amides is 1. The van der Waals surface area contributed by atoms with Crippen LogP contribution in [0.1, 0.15) is 43.6 Å². The van der Waals surface area contributed by atoms with E-state index in [9.17, 15) is 18.0 Å². The summed E-state index contributed by atoms with van der Waals surface area (Å²) in [5, 5.41) is 6.44. The number of hydrogen-bond donors (Lipinski definition) is 2. The molecule has 212 valence electrons. The fourth-order valence-corrected chi connectivity index (χ4v) is 5.11. The number of rotatable bonds is 9. The summed E-state index contributed by atoms with van der Waals surface area (Å²) >= 11 is 0. The Morgan fingerprint density at radius 3 is 2.60 bits per heavy atom. The predicted octanol–water partition coefficient (Wildman–Crippen LogP) is 4.79. The molecule has 1 atom stereocenters. The fraction of sp³-hybridized carbons (Fsp3) is 0.414. The van der Waals surface area contributed by atoms with Gasteiger partial charge in [-0.25, -0.2) is 9.97 Å². The van der Waals surface area contributed by atoms with E-state index in [0.29, 0.717) is 36.4 Å². The van der Waals surface area contributed by atoms with Gasteiger partial charge in [-0.1, -0.05) is 18.2 Å². The SMILES string of the molecule is CC(NC(=O)CCc1nc2cccnc2n1CC1=CC=C(OC(F)(F)F)CC1)c1ccc(N2CCNCC2)cc1. The van der Waals surface area contributed by atoms with Crippen molar-refractivity contribution < 1.29 is 22.7 Å². The zero-order valence-electron chi connectivity index (χ0n) is 22.4. The highest BCUT2D eigenvalue weighted by Crippen LogP contribution is 2.28. The first-order valence-corrected chi connectivity index (χ1v) is 13.5. The maximum atomic E-state index is 12.9. The maximum absolute atomic E-state index is 12.9. The number of allylic oxidation sites excluding steroid dienone is 4. The van der Waals surface area contributed by atoms with E-state index < -0.39 is 6.36 Å². The number of halogens is 3. The molecule has 1 fully saturated rings. The molecule has 0 radical (unpaired) electrons. The van der Waals surface area contributed by atoms with E-state index in [4.69, 9.17) is 4.98 Å². The number of carbonyl (C=O) groups is 1. The molecule has 2 N–H and O–H groups in total. The van der Waals surface area contributed by atoms with Crippen LogP contribution in [0, 0.1) is 0 Å². The number of pyridine rings is 1. The van der Waals surface area contributed by atoms with Crippen LogP contribution in [-0.4, -0.2) is 53.0 Å². The highest BCUT2D eigenvalue weighted by atomic mass is 19.4. The van der Waals surface area contributed by atoms with Crippen LogP contribution in [0.5, 0.6) is 0 Å². The van der Waals surface area contributed by atoms with E-state index in [1.165, 1.54) is 11.8 Å². The van der Waals surface area contributed by atoms with Crippen molar-refractivity contribution in [1.82, 2.24) is 25.2 Å². The van der Waals surface area contributed by atoms with Crippen molar-refractivity contribution in [2.75, 3.05) is 31.1 Å². The minimum Gasteiger partial charge on any atom is -0.410 e. The lowest BCUT2D eigenvalue weighted by molar-refractivity contribution is -0.306. The minimum absolute atomic E-state index is 0.0843. The lowest BCUT2D eigenvalue weighted by Crippen LogP contribution is -2.43.